The minimum absolute atomic E-state index is 0.338. The zero-order chi connectivity index (χ0) is 14.4. The summed E-state index contributed by atoms with van der Waals surface area (Å²) in [5.41, 5.74) is 0. The van der Waals surface area contributed by atoms with E-state index < -0.39 is 0 Å². The van der Waals surface area contributed by atoms with E-state index in [9.17, 15) is 4.79 Å². The first-order valence-corrected chi connectivity index (χ1v) is 8.36. The molecule has 1 N–H and O–H groups in total. The molecule has 0 aromatic carbocycles. The molecule has 116 valence electrons. The average Bonchev–Trinajstić information content (AvgIpc) is 2.76. The topological polar surface area (TPSA) is 35.6 Å². The number of nitrogens with one attached hydrogen (secondary N) is 1. The highest BCUT2D eigenvalue weighted by molar-refractivity contribution is 5.78. The number of likely N-dealkylation sites (N-methyl/N-ethyl adjacent to an activating group) is 1. The molecule has 1 aliphatic carbocycles. The van der Waals surface area contributed by atoms with Crippen LogP contribution in [-0.4, -0.2) is 61.5 Å². The molecule has 1 aliphatic heterocycles. The van der Waals surface area contributed by atoms with Crippen LogP contribution in [0.15, 0.2) is 0 Å². The molecule has 2 aliphatic rings. The molecule has 1 amide bonds. The second kappa shape index (κ2) is 7.99. The lowest BCUT2D eigenvalue weighted by atomic mass is 9.90. The van der Waals surface area contributed by atoms with Crippen LogP contribution < -0.4 is 5.32 Å². The number of nitrogens with zero attached hydrogens (tertiary/aromatic N) is 2. The van der Waals surface area contributed by atoms with Crippen LogP contribution >= 0.6 is 0 Å². The van der Waals surface area contributed by atoms with E-state index in [1.165, 1.54) is 51.4 Å². The molecule has 0 atom stereocenters. The van der Waals surface area contributed by atoms with Crippen LogP contribution in [0.1, 0.15) is 51.4 Å². The summed E-state index contributed by atoms with van der Waals surface area (Å²) in [4.78, 5) is 16.8. The van der Waals surface area contributed by atoms with Crippen LogP contribution in [0.3, 0.4) is 0 Å². The molecule has 2 fully saturated rings. The van der Waals surface area contributed by atoms with Gasteiger partial charge in [0.15, 0.2) is 0 Å². The molecule has 4 nitrogen and oxygen atoms in total. The van der Waals surface area contributed by atoms with Gasteiger partial charge in [-0.15, -0.1) is 0 Å². The maximum Gasteiger partial charge on any atom is 0.236 e. The van der Waals surface area contributed by atoms with Gasteiger partial charge in [-0.05, 0) is 52.6 Å². The molecule has 2 rings (SSSR count). The monoisotopic (exact) mass is 281 g/mol. The summed E-state index contributed by atoms with van der Waals surface area (Å²) < 4.78 is 0. The van der Waals surface area contributed by atoms with E-state index in [-0.39, 0.29) is 0 Å². The summed E-state index contributed by atoms with van der Waals surface area (Å²) in [6.45, 7) is 2.55. The minimum atomic E-state index is 0.338. The number of amides is 1. The third-order valence-electron chi connectivity index (χ3n) is 5.07. The number of hydrogen-bond acceptors (Lipinski definition) is 3. The summed E-state index contributed by atoms with van der Waals surface area (Å²) >= 11 is 0. The Labute approximate surface area is 123 Å². The van der Waals surface area contributed by atoms with Gasteiger partial charge >= 0.3 is 0 Å². The highest BCUT2D eigenvalue weighted by Crippen LogP contribution is 2.22. The lowest BCUT2D eigenvalue weighted by Gasteiger charge is -2.35. The van der Waals surface area contributed by atoms with Gasteiger partial charge < -0.3 is 10.2 Å². The second-order valence-corrected chi connectivity index (χ2v) is 6.50. The average molecular weight is 281 g/mol. The molecule has 20 heavy (non-hydrogen) atoms. The maximum atomic E-state index is 12.4. The molecule has 0 bridgehead atoms. The van der Waals surface area contributed by atoms with Crippen molar-refractivity contribution < 1.29 is 4.79 Å². The van der Waals surface area contributed by atoms with Crippen molar-refractivity contribution in [2.75, 3.05) is 33.7 Å². The molecule has 4 heteroatoms. The number of carbonyl (C=O) groups is 1. The van der Waals surface area contributed by atoms with E-state index in [1.807, 2.05) is 0 Å². The molecule has 0 aromatic heterocycles. The summed E-state index contributed by atoms with van der Waals surface area (Å²) in [7, 11) is 4.18. The van der Waals surface area contributed by atoms with Crippen LogP contribution in [0.5, 0.6) is 0 Å². The standard InChI is InChI=1S/C16H31N3O/c1-17-14-7-9-15(10-8-14)18(2)13-16(20)19-11-5-3-4-6-12-19/h14-15,17H,3-13H2,1-2H3. The van der Waals surface area contributed by atoms with E-state index in [4.69, 9.17) is 0 Å². The Morgan fingerprint density at radius 3 is 2.25 bits per heavy atom. The Balaban J connectivity index is 1.75. The highest BCUT2D eigenvalue weighted by Gasteiger charge is 2.25. The zero-order valence-corrected chi connectivity index (χ0v) is 13.2. The SMILES string of the molecule is CNC1CCC(N(C)CC(=O)N2CCCCCC2)CC1. The highest BCUT2D eigenvalue weighted by atomic mass is 16.2. The van der Waals surface area contributed by atoms with Gasteiger partial charge in [0.1, 0.15) is 0 Å². The van der Waals surface area contributed by atoms with Crippen LogP contribution in [0, 0.1) is 0 Å². The normalized spacial score (nSPS) is 28.4. The van der Waals surface area contributed by atoms with Gasteiger partial charge in [-0.3, -0.25) is 9.69 Å². The van der Waals surface area contributed by atoms with Crippen molar-refractivity contribution in [2.24, 2.45) is 0 Å². The van der Waals surface area contributed by atoms with Crippen LogP contribution in [0.4, 0.5) is 0 Å². The van der Waals surface area contributed by atoms with Gasteiger partial charge in [-0.1, -0.05) is 12.8 Å². The Hall–Kier alpha value is -0.610. The molecule has 0 radical (unpaired) electrons. The van der Waals surface area contributed by atoms with Crippen molar-refractivity contribution >= 4 is 5.91 Å². The fourth-order valence-electron chi connectivity index (χ4n) is 3.57. The molecule has 0 unspecified atom stereocenters. The van der Waals surface area contributed by atoms with E-state index in [0.717, 1.165) is 13.1 Å². The van der Waals surface area contributed by atoms with Gasteiger partial charge in [0.05, 0.1) is 6.54 Å². The van der Waals surface area contributed by atoms with Gasteiger partial charge in [0.2, 0.25) is 5.91 Å². The summed E-state index contributed by atoms with van der Waals surface area (Å²) in [5.74, 6) is 0.338. The van der Waals surface area contributed by atoms with Crippen molar-refractivity contribution in [3.05, 3.63) is 0 Å². The van der Waals surface area contributed by atoms with Gasteiger partial charge in [0.25, 0.3) is 0 Å². The molecule has 0 spiro atoms. The van der Waals surface area contributed by atoms with Crippen LogP contribution in [0.25, 0.3) is 0 Å². The Morgan fingerprint density at radius 2 is 1.70 bits per heavy atom. The van der Waals surface area contributed by atoms with Gasteiger partial charge in [-0.2, -0.15) is 0 Å². The van der Waals surface area contributed by atoms with Gasteiger partial charge in [-0.25, -0.2) is 0 Å². The fourth-order valence-corrected chi connectivity index (χ4v) is 3.57. The second-order valence-electron chi connectivity index (χ2n) is 6.50. The quantitative estimate of drug-likeness (QED) is 0.854. The summed E-state index contributed by atoms with van der Waals surface area (Å²) in [6, 6.07) is 1.27. The van der Waals surface area contributed by atoms with Crippen molar-refractivity contribution in [2.45, 2.75) is 63.5 Å². The van der Waals surface area contributed by atoms with Crippen LogP contribution in [-0.2, 0) is 4.79 Å². The molecule has 1 saturated heterocycles. The summed E-state index contributed by atoms with van der Waals surface area (Å²) in [5, 5.41) is 3.37. The van der Waals surface area contributed by atoms with E-state index in [0.29, 0.717) is 24.5 Å². The van der Waals surface area contributed by atoms with Crippen molar-refractivity contribution in [3.8, 4) is 0 Å². The van der Waals surface area contributed by atoms with E-state index in [2.05, 4.69) is 29.2 Å². The predicted octanol–water partition coefficient (Wildman–Crippen LogP) is 1.85. The lowest BCUT2D eigenvalue weighted by Crippen LogP contribution is -2.45. The molecular weight excluding hydrogens is 250 g/mol. The zero-order valence-electron chi connectivity index (χ0n) is 13.2. The smallest absolute Gasteiger partial charge is 0.236 e. The Bertz CT molecular complexity index is 292. The van der Waals surface area contributed by atoms with Crippen LogP contribution in [0.2, 0.25) is 0 Å². The number of likely N-dealkylation sites (tertiary alicyclic amines) is 1. The van der Waals surface area contributed by atoms with E-state index >= 15 is 0 Å². The Morgan fingerprint density at radius 1 is 1.10 bits per heavy atom. The van der Waals surface area contributed by atoms with Crippen molar-refractivity contribution in [1.29, 1.82) is 0 Å². The molecular formula is C16H31N3O. The van der Waals surface area contributed by atoms with Crippen molar-refractivity contribution in [3.63, 3.8) is 0 Å². The lowest BCUT2D eigenvalue weighted by molar-refractivity contribution is -0.132. The first kappa shape index (κ1) is 15.8. The minimum Gasteiger partial charge on any atom is -0.342 e. The van der Waals surface area contributed by atoms with Crippen molar-refractivity contribution in [1.82, 2.24) is 15.1 Å². The third kappa shape index (κ3) is 4.45. The fraction of sp³-hybridized carbons (Fsp3) is 0.938. The number of rotatable bonds is 4. The number of hydrogen-bond donors (Lipinski definition) is 1. The molecule has 0 aromatic rings. The molecule has 1 heterocycles. The van der Waals surface area contributed by atoms with E-state index in [1.54, 1.807) is 0 Å². The summed E-state index contributed by atoms with van der Waals surface area (Å²) in [6.07, 6.45) is 9.85. The number of carbonyl (C=O) groups excluding carboxylic acids is 1. The van der Waals surface area contributed by atoms with Gasteiger partial charge in [0, 0.05) is 25.2 Å². The maximum absolute atomic E-state index is 12.4. The largest absolute Gasteiger partial charge is 0.342 e. The predicted molar refractivity (Wildman–Crippen MR) is 82.8 cm³/mol. The first-order chi connectivity index (χ1) is 9.70. The third-order valence-corrected chi connectivity index (χ3v) is 5.07. The molecule has 1 saturated carbocycles. The Kier molecular flexibility index (Phi) is 6.30. The first-order valence-electron chi connectivity index (χ1n) is 8.36.